The second-order valence-corrected chi connectivity index (χ2v) is 6.33. The van der Waals surface area contributed by atoms with Crippen LogP contribution in [-0.2, 0) is 13.2 Å². The van der Waals surface area contributed by atoms with Crippen molar-refractivity contribution in [1.82, 2.24) is 19.5 Å². The van der Waals surface area contributed by atoms with Gasteiger partial charge in [0.1, 0.15) is 5.69 Å². The van der Waals surface area contributed by atoms with Gasteiger partial charge in [-0.15, -0.1) is 11.8 Å². The Labute approximate surface area is 139 Å². The largest absolute Gasteiger partial charge is 0.493 e. The molecule has 9 heteroatoms. The van der Waals surface area contributed by atoms with Crippen molar-refractivity contribution in [3.63, 3.8) is 0 Å². The van der Waals surface area contributed by atoms with Crippen LogP contribution in [0, 0.1) is 0 Å². The molecule has 0 aliphatic rings. The standard InChI is InChI=1S/C15H13F3N4OS/c1-3-24-11-4-8(15(16,17)18)6-20-13(11)14-21-9-5-12(23)19-7-10(9)22(14)2/h4-7H,3H2,1-2H3,(H,19,23). The maximum atomic E-state index is 12.9. The number of pyridine rings is 2. The maximum absolute atomic E-state index is 12.9. The van der Waals surface area contributed by atoms with Gasteiger partial charge in [0.2, 0.25) is 5.88 Å². The maximum Gasteiger partial charge on any atom is 0.417 e. The van der Waals surface area contributed by atoms with Gasteiger partial charge in [-0.2, -0.15) is 13.2 Å². The number of fused-ring (bicyclic) bond motifs is 1. The Bertz CT molecular complexity index is 908. The Morgan fingerprint density at radius 3 is 2.62 bits per heavy atom. The molecule has 0 unspecified atom stereocenters. The fourth-order valence-corrected chi connectivity index (χ4v) is 3.12. The molecule has 3 aromatic heterocycles. The molecular weight excluding hydrogens is 341 g/mol. The lowest BCUT2D eigenvalue weighted by Crippen LogP contribution is -2.07. The highest BCUT2D eigenvalue weighted by Crippen LogP contribution is 2.36. The summed E-state index contributed by atoms with van der Waals surface area (Å²) in [6, 6.07) is 2.49. The summed E-state index contributed by atoms with van der Waals surface area (Å²) >= 11 is 1.27. The van der Waals surface area contributed by atoms with E-state index >= 15 is 0 Å². The van der Waals surface area contributed by atoms with Gasteiger partial charge in [-0.25, -0.2) is 9.97 Å². The second kappa shape index (κ2) is 5.97. The summed E-state index contributed by atoms with van der Waals surface area (Å²) in [5.74, 6) is 0.847. The Hall–Kier alpha value is -2.29. The molecule has 0 aromatic carbocycles. The van der Waals surface area contributed by atoms with Crippen LogP contribution in [0.15, 0.2) is 29.4 Å². The van der Waals surface area contributed by atoms with E-state index in [1.165, 1.54) is 24.0 Å². The zero-order valence-electron chi connectivity index (χ0n) is 12.8. The lowest BCUT2D eigenvalue weighted by atomic mass is 10.2. The molecule has 3 rings (SSSR count). The SMILES string of the molecule is CCSc1cc(C(F)(F)F)cnc1-c1nc2cc(O)ncc2n1C. The highest BCUT2D eigenvalue weighted by Gasteiger charge is 2.32. The number of hydrogen-bond acceptors (Lipinski definition) is 5. The molecule has 0 bridgehead atoms. The third kappa shape index (κ3) is 2.91. The molecule has 126 valence electrons. The van der Waals surface area contributed by atoms with E-state index < -0.39 is 11.7 Å². The molecule has 24 heavy (non-hydrogen) atoms. The normalized spacial score (nSPS) is 12.0. The molecule has 0 fully saturated rings. The molecule has 0 spiro atoms. The highest BCUT2D eigenvalue weighted by molar-refractivity contribution is 7.99. The molecule has 0 radical (unpaired) electrons. The van der Waals surface area contributed by atoms with Crippen molar-refractivity contribution in [3.8, 4) is 17.4 Å². The smallest absolute Gasteiger partial charge is 0.417 e. The quantitative estimate of drug-likeness (QED) is 0.724. The number of aromatic nitrogens is 4. The zero-order valence-corrected chi connectivity index (χ0v) is 13.6. The number of thioether (sulfide) groups is 1. The topological polar surface area (TPSA) is 63.8 Å². The molecule has 0 aliphatic heterocycles. The predicted octanol–water partition coefficient (Wildman–Crippen LogP) is 3.87. The molecule has 5 nitrogen and oxygen atoms in total. The van der Waals surface area contributed by atoms with Crippen LogP contribution in [0.25, 0.3) is 22.6 Å². The lowest BCUT2D eigenvalue weighted by Gasteiger charge is -2.12. The summed E-state index contributed by atoms with van der Waals surface area (Å²) in [6.45, 7) is 1.85. The molecule has 0 atom stereocenters. The third-order valence-corrected chi connectivity index (χ3v) is 4.36. The fourth-order valence-electron chi connectivity index (χ4n) is 2.32. The number of aromatic hydroxyl groups is 1. The summed E-state index contributed by atoms with van der Waals surface area (Å²) in [7, 11) is 1.73. The minimum atomic E-state index is -4.45. The van der Waals surface area contributed by atoms with Crippen LogP contribution in [0.2, 0.25) is 0 Å². The summed E-state index contributed by atoms with van der Waals surface area (Å²) in [6.07, 6.45) is -2.18. The minimum Gasteiger partial charge on any atom is -0.493 e. The predicted molar refractivity (Wildman–Crippen MR) is 84.8 cm³/mol. The second-order valence-electron chi connectivity index (χ2n) is 5.03. The van der Waals surface area contributed by atoms with Gasteiger partial charge in [0.05, 0.1) is 22.8 Å². The average Bonchev–Trinajstić information content (AvgIpc) is 2.83. The van der Waals surface area contributed by atoms with Gasteiger partial charge in [0.25, 0.3) is 0 Å². The van der Waals surface area contributed by atoms with Crippen molar-refractivity contribution in [3.05, 3.63) is 30.1 Å². The van der Waals surface area contributed by atoms with Gasteiger partial charge in [0, 0.05) is 24.2 Å². The number of hydrogen-bond donors (Lipinski definition) is 1. The van der Waals surface area contributed by atoms with Gasteiger partial charge < -0.3 is 9.67 Å². The van der Waals surface area contributed by atoms with Crippen LogP contribution >= 0.6 is 11.8 Å². The van der Waals surface area contributed by atoms with E-state index in [9.17, 15) is 18.3 Å². The van der Waals surface area contributed by atoms with Crippen molar-refractivity contribution in [2.75, 3.05) is 5.75 Å². The highest BCUT2D eigenvalue weighted by atomic mass is 32.2. The third-order valence-electron chi connectivity index (χ3n) is 3.44. The van der Waals surface area contributed by atoms with Crippen molar-refractivity contribution < 1.29 is 18.3 Å². The van der Waals surface area contributed by atoms with Crippen LogP contribution in [0.4, 0.5) is 13.2 Å². The molecule has 0 saturated carbocycles. The number of halogens is 3. The Morgan fingerprint density at radius 2 is 1.96 bits per heavy atom. The molecule has 0 saturated heterocycles. The summed E-state index contributed by atoms with van der Waals surface area (Å²) < 4.78 is 40.5. The summed E-state index contributed by atoms with van der Waals surface area (Å²) in [4.78, 5) is 12.6. The van der Waals surface area contributed by atoms with Crippen molar-refractivity contribution in [2.45, 2.75) is 18.0 Å². The van der Waals surface area contributed by atoms with E-state index in [0.29, 0.717) is 33.2 Å². The summed E-state index contributed by atoms with van der Waals surface area (Å²) in [5, 5.41) is 9.46. The van der Waals surface area contributed by atoms with E-state index in [2.05, 4.69) is 15.0 Å². The van der Waals surface area contributed by atoms with Gasteiger partial charge in [-0.1, -0.05) is 6.92 Å². The Balaban J connectivity index is 2.20. The number of imidazole rings is 1. The van der Waals surface area contributed by atoms with Crippen molar-refractivity contribution >= 4 is 22.8 Å². The Morgan fingerprint density at radius 1 is 1.21 bits per heavy atom. The first-order valence-corrected chi connectivity index (χ1v) is 8.01. The first kappa shape index (κ1) is 16.6. The van der Waals surface area contributed by atoms with Gasteiger partial charge in [-0.05, 0) is 11.8 Å². The van der Waals surface area contributed by atoms with Crippen molar-refractivity contribution in [2.24, 2.45) is 7.05 Å². The molecule has 1 N–H and O–H groups in total. The minimum absolute atomic E-state index is 0.171. The van der Waals surface area contributed by atoms with E-state index in [1.807, 2.05) is 6.92 Å². The van der Waals surface area contributed by atoms with E-state index in [-0.39, 0.29) is 5.88 Å². The molecular formula is C15H13F3N4OS. The van der Waals surface area contributed by atoms with Crippen LogP contribution in [-0.4, -0.2) is 30.4 Å². The Kier molecular flexibility index (Phi) is 4.12. The first-order valence-electron chi connectivity index (χ1n) is 7.03. The number of alkyl halides is 3. The van der Waals surface area contributed by atoms with E-state index in [4.69, 9.17) is 0 Å². The zero-order chi connectivity index (χ0) is 17.5. The van der Waals surface area contributed by atoms with E-state index in [0.717, 1.165) is 12.3 Å². The van der Waals surface area contributed by atoms with Gasteiger partial charge in [0.15, 0.2) is 5.82 Å². The van der Waals surface area contributed by atoms with Gasteiger partial charge in [-0.3, -0.25) is 4.98 Å². The molecule has 3 aromatic rings. The molecule has 3 heterocycles. The van der Waals surface area contributed by atoms with Gasteiger partial charge >= 0.3 is 6.18 Å². The first-order chi connectivity index (χ1) is 11.3. The number of aryl methyl sites for hydroxylation is 1. The average molecular weight is 354 g/mol. The molecule has 0 amide bonds. The summed E-state index contributed by atoms with van der Waals surface area (Å²) in [5.41, 5.74) is 0.722. The molecule has 0 aliphatic carbocycles. The van der Waals surface area contributed by atoms with Crippen LogP contribution in [0.1, 0.15) is 12.5 Å². The van der Waals surface area contributed by atoms with Crippen LogP contribution in [0.3, 0.4) is 0 Å². The monoisotopic (exact) mass is 354 g/mol. The van der Waals surface area contributed by atoms with Crippen molar-refractivity contribution in [1.29, 1.82) is 0 Å². The van der Waals surface area contributed by atoms with E-state index in [1.54, 1.807) is 11.6 Å². The number of rotatable bonds is 3. The van der Waals surface area contributed by atoms with Crippen LogP contribution in [0.5, 0.6) is 5.88 Å². The lowest BCUT2D eigenvalue weighted by molar-refractivity contribution is -0.138. The number of nitrogens with zero attached hydrogens (tertiary/aromatic N) is 4. The fraction of sp³-hybridized carbons (Fsp3) is 0.267. The van der Waals surface area contributed by atoms with Crippen LogP contribution < -0.4 is 0 Å².